The third kappa shape index (κ3) is 2.69. The Hall–Kier alpha value is -0.260. The molecule has 64 valence electrons. The van der Waals surface area contributed by atoms with E-state index in [1.165, 1.54) is 38.5 Å². The summed E-state index contributed by atoms with van der Waals surface area (Å²) in [5, 5.41) is 0. The van der Waals surface area contributed by atoms with Crippen LogP contribution in [-0.2, 0) is 0 Å². The second-order valence-corrected chi connectivity index (χ2v) is 4.14. The summed E-state index contributed by atoms with van der Waals surface area (Å²) in [7, 11) is 0. The molecule has 0 nitrogen and oxygen atoms in total. The maximum absolute atomic E-state index is 2.44. The third-order valence-electron chi connectivity index (χ3n) is 2.91. The highest BCUT2D eigenvalue weighted by atomic mass is 14.3. The molecule has 0 saturated heterocycles. The van der Waals surface area contributed by atoms with Gasteiger partial charge in [0.05, 0.1) is 0 Å². The zero-order chi connectivity index (χ0) is 8.16. The van der Waals surface area contributed by atoms with Crippen molar-refractivity contribution in [3.8, 4) is 0 Å². The van der Waals surface area contributed by atoms with Crippen LogP contribution in [-0.4, -0.2) is 0 Å². The van der Waals surface area contributed by atoms with Gasteiger partial charge in [0.25, 0.3) is 0 Å². The van der Waals surface area contributed by atoms with Gasteiger partial charge >= 0.3 is 0 Å². The predicted molar refractivity (Wildman–Crippen MR) is 50.6 cm³/mol. The first-order valence-corrected chi connectivity index (χ1v) is 4.88. The molecule has 0 atom stereocenters. The number of allylic oxidation sites excluding steroid dienone is 2. The molecule has 0 N–H and O–H groups in total. The molecule has 0 heteroatoms. The fourth-order valence-electron chi connectivity index (χ4n) is 2.01. The molecule has 0 aromatic rings. The molecule has 0 bridgehead atoms. The lowest BCUT2D eigenvalue weighted by molar-refractivity contribution is 0.219. The van der Waals surface area contributed by atoms with E-state index >= 15 is 0 Å². The van der Waals surface area contributed by atoms with Crippen LogP contribution < -0.4 is 0 Å². The Labute approximate surface area is 70.7 Å². The molecule has 0 radical (unpaired) electrons. The van der Waals surface area contributed by atoms with Gasteiger partial charge in [0.1, 0.15) is 0 Å². The summed E-state index contributed by atoms with van der Waals surface area (Å²) in [4.78, 5) is 0. The van der Waals surface area contributed by atoms with E-state index in [2.05, 4.69) is 26.0 Å². The first-order chi connectivity index (χ1) is 5.27. The molecule has 0 unspecified atom stereocenters. The molecule has 0 aliphatic heterocycles. The number of hydrogen-bond acceptors (Lipinski definition) is 0. The van der Waals surface area contributed by atoms with Crippen molar-refractivity contribution in [2.45, 2.75) is 52.4 Å². The van der Waals surface area contributed by atoms with Gasteiger partial charge in [-0.3, -0.25) is 0 Å². The van der Waals surface area contributed by atoms with Crippen molar-refractivity contribution in [1.82, 2.24) is 0 Å². The van der Waals surface area contributed by atoms with E-state index in [-0.39, 0.29) is 0 Å². The average Bonchev–Trinajstić information content (AvgIpc) is 2.03. The van der Waals surface area contributed by atoms with Gasteiger partial charge in [-0.2, -0.15) is 0 Å². The predicted octanol–water partition coefficient (Wildman–Crippen LogP) is 3.92. The molecule has 11 heavy (non-hydrogen) atoms. The Bertz CT molecular complexity index is 127. The Morgan fingerprint density at radius 2 is 1.82 bits per heavy atom. The first kappa shape index (κ1) is 8.83. The van der Waals surface area contributed by atoms with Crippen LogP contribution in [0.3, 0.4) is 0 Å². The van der Waals surface area contributed by atoms with Crippen molar-refractivity contribution in [1.29, 1.82) is 0 Å². The molecular weight excluding hydrogens is 132 g/mol. The van der Waals surface area contributed by atoms with Gasteiger partial charge < -0.3 is 0 Å². The monoisotopic (exact) mass is 152 g/mol. The third-order valence-corrected chi connectivity index (χ3v) is 2.91. The summed E-state index contributed by atoms with van der Waals surface area (Å²) in [6, 6.07) is 0. The van der Waals surface area contributed by atoms with Crippen LogP contribution >= 0.6 is 0 Å². The molecule has 1 saturated carbocycles. The first-order valence-electron chi connectivity index (χ1n) is 4.88. The van der Waals surface area contributed by atoms with E-state index in [1.54, 1.807) is 0 Å². The second kappa shape index (κ2) is 3.94. The maximum Gasteiger partial charge on any atom is -0.0291 e. The summed E-state index contributed by atoms with van der Waals surface area (Å²) < 4.78 is 0. The average molecular weight is 152 g/mol. The van der Waals surface area contributed by atoms with Crippen molar-refractivity contribution >= 4 is 0 Å². The molecule has 1 rings (SSSR count). The molecule has 0 spiro atoms. The van der Waals surface area contributed by atoms with Crippen LogP contribution in [0.4, 0.5) is 0 Å². The molecule has 0 heterocycles. The van der Waals surface area contributed by atoms with Crippen LogP contribution in [0.25, 0.3) is 0 Å². The van der Waals surface area contributed by atoms with Gasteiger partial charge in [0, 0.05) is 0 Å². The molecule has 1 fully saturated rings. The zero-order valence-corrected chi connectivity index (χ0v) is 7.90. The largest absolute Gasteiger partial charge is 0.0916 e. The van der Waals surface area contributed by atoms with Crippen molar-refractivity contribution in [3.05, 3.63) is 12.2 Å². The summed E-state index contributed by atoms with van der Waals surface area (Å²) in [5.41, 5.74) is 0.644. The molecule has 0 aromatic heterocycles. The van der Waals surface area contributed by atoms with E-state index in [4.69, 9.17) is 0 Å². The van der Waals surface area contributed by atoms with Crippen molar-refractivity contribution in [2.24, 2.45) is 5.41 Å². The molecule has 0 aromatic carbocycles. The van der Waals surface area contributed by atoms with E-state index in [0.29, 0.717) is 5.41 Å². The minimum Gasteiger partial charge on any atom is -0.0916 e. The van der Waals surface area contributed by atoms with Crippen LogP contribution in [0.15, 0.2) is 12.2 Å². The standard InChI is InChI=1S/C11H20/c1-3-4-8-11(2)9-6-5-7-10-11/h3-4H,5-10H2,1-2H3. The van der Waals surface area contributed by atoms with Crippen LogP contribution in [0.5, 0.6) is 0 Å². The van der Waals surface area contributed by atoms with Gasteiger partial charge in [-0.15, -0.1) is 0 Å². The van der Waals surface area contributed by atoms with Crippen LogP contribution in [0.1, 0.15) is 52.4 Å². The minimum atomic E-state index is 0.644. The summed E-state index contributed by atoms with van der Waals surface area (Å²) in [5.74, 6) is 0. The molecule has 0 amide bonds. The smallest absolute Gasteiger partial charge is 0.0291 e. The Balaban J connectivity index is 2.37. The normalized spacial score (nSPS) is 24.2. The minimum absolute atomic E-state index is 0.644. The lowest BCUT2D eigenvalue weighted by Crippen LogP contribution is -2.18. The second-order valence-electron chi connectivity index (χ2n) is 4.14. The van der Waals surface area contributed by atoms with Gasteiger partial charge in [-0.05, 0) is 31.6 Å². The Kier molecular flexibility index (Phi) is 3.16. The van der Waals surface area contributed by atoms with Gasteiger partial charge in [0.15, 0.2) is 0 Å². The number of hydrogen-bond donors (Lipinski definition) is 0. The van der Waals surface area contributed by atoms with Crippen molar-refractivity contribution in [2.75, 3.05) is 0 Å². The van der Waals surface area contributed by atoms with Gasteiger partial charge in [-0.1, -0.05) is 38.3 Å². The molecule has 1 aliphatic rings. The summed E-state index contributed by atoms with van der Waals surface area (Å²) in [6.07, 6.45) is 13.1. The molecular formula is C11H20. The van der Waals surface area contributed by atoms with Gasteiger partial charge in [0.2, 0.25) is 0 Å². The fourth-order valence-corrected chi connectivity index (χ4v) is 2.01. The van der Waals surface area contributed by atoms with Crippen molar-refractivity contribution in [3.63, 3.8) is 0 Å². The lowest BCUT2D eigenvalue weighted by Gasteiger charge is -2.32. The Morgan fingerprint density at radius 1 is 1.18 bits per heavy atom. The highest BCUT2D eigenvalue weighted by molar-refractivity contribution is 4.88. The van der Waals surface area contributed by atoms with Crippen LogP contribution in [0, 0.1) is 5.41 Å². The highest BCUT2D eigenvalue weighted by Crippen LogP contribution is 2.38. The lowest BCUT2D eigenvalue weighted by atomic mass is 9.73. The quantitative estimate of drug-likeness (QED) is 0.526. The SMILES string of the molecule is CC=CCC1(C)CCCCC1. The van der Waals surface area contributed by atoms with E-state index < -0.39 is 0 Å². The zero-order valence-electron chi connectivity index (χ0n) is 7.90. The fraction of sp³-hybridized carbons (Fsp3) is 0.818. The van der Waals surface area contributed by atoms with E-state index in [1.807, 2.05) is 0 Å². The van der Waals surface area contributed by atoms with Crippen LogP contribution in [0.2, 0.25) is 0 Å². The van der Waals surface area contributed by atoms with Crippen molar-refractivity contribution < 1.29 is 0 Å². The Morgan fingerprint density at radius 3 is 2.36 bits per heavy atom. The van der Waals surface area contributed by atoms with Gasteiger partial charge in [-0.25, -0.2) is 0 Å². The highest BCUT2D eigenvalue weighted by Gasteiger charge is 2.24. The van der Waals surface area contributed by atoms with E-state index in [9.17, 15) is 0 Å². The topological polar surface area (TPSA) is 0 Å². The maximum atomic E-state index is 2.44. The number of rotatable bonds is 2. The molecule has 1 aliphatic carbocycles. The summed E-state index contributed by atoms with van der Waals surface area (Å²) in [6.45, 7) is 4.55. The summed E-state index contributed by atoms with van der Waals surface area (Å²) >= 11 is 0. The van der Waals surface area contributed by atoms with E-state index in [0.717, 1.165) is 0 Å².